The van der Waals surface area contributed by atoms with Gasteiger partial charge in [0.2, 0.25) is 5.89 Å². The number of aryl methyl sites for hydroxylation is 1. The van der Waals surface area contributed by atoms with Crippen LogP contribution in [0.1, 0.15) is 33.8 Å². The van der Waals surface area contributed by atoms with E-state index >= 15 is 0 Å². The Morgan fingerprint density at radius 3 is 2.64 bits per heavy atom. The molecule has 0 aliphatic heterocycles. The number of allylic oxidation sites excluding steroid dienone is 2. The number of aliphatic hydroxyl groups is 2. The summed E-state index contributed by atoms with van der Waals surface area (Å²) in [5.74, 6) is 0.105. The highest BCUT2D eigenvalue weighted by Gasteiger charge is 2.47. The number of rotatable bonds is 12. The lowest BCUT2D eigenvalue weighted by molar-refractivity contribution is 0.170. The van der Waals surface area contributed by atoms with Crippen LogP contribution in [0.5, 0.6) is 0 Å². The zero-order valence-electron chi connectivity index (χ0n) is 28.3. The minimum absolute atomic E-state index is 0.164. The average molecular weight is 752 g/mol. The van der Waals surface area contributed by atoms with Crippen LogP contribution in [0.4, 0.5) is 15.9 Å². The maximum atomic E-state index is 14.7. The second-order valence-corrected chi connectivity index (χ2v) is 13.4. The van der Waals surface area contributed by atoms with Crippen molar-refractivity contribution in [3.8, 4) is 6.07 Å². The molecule has 0 fully saturated rings. The third kappa shape index (κ3) is 7.05. The molecule has 268 valence electrons. The van der Waals surface area contributed by atoms with Crippen molar-refractivity contribution in [2.24, 2.45) is 0 Å². The molecule has 1 aliphatic carbocycles. The maximum absolute atomic E-state index is 14.7. The van der Waals surface area contributed by atoms with Crippen molar-refractivity contribution in [3.05, 3.63) is 136 Å². The molecule has 0 saturated carbocycles. The van der Waals surface area contributed by atoms with Crippen LogP contribution in [0.25, 0.3) is 27.6 Å². The first-order valence-corrected chi connectivity index (χ1v) is 17.5. The smallest absolute Gasteiger partial charge is 0.227 e. The summed E-state index contributed by atoms with van der Waals surface area (Å²) in [5.41, 5.74) is 3.56. The lowest BCUT2D eigenvalue weighted by Gasteiger charge is -2.37. The fourth-order valence-corrected chi connectivity index (χ4v) is 6.91. The fourth-order valence-electron chi connectivity index (χ4n) is 6.25. The van der Waals surface area contributed by atoms with Crippen LogP contribution in [0.2, 0.25) is 5.02 Å². The first kappa shape index (κ1) is 36.0. The topological polar surface area (TPSA) is 165 Å². The highest BCUT2D eigenvalue weighted by atomic mass is 35.5. The Hall–Kier alpha value is -5.42. The molecule has 53 heavy (non-hydrogen) atoms. The van der Waals surface area contributed by atoms with Crippen molar-refractivity contribution in [1.29, 1.82) is 5.26 Å². The minimum atomic E-state index is -1.37. The van der Waals surface area contributed by atoms with E-state index in [9.17, 15) is 19.9 Å². The number of hydrogen-bond donors (Lipinski definition) is 5. The number of hydrogen-bond acceptors (Lipinski definition) is 11. The Bertz CT molecular complexity index is 2430. The molecule has 2 aromatic carbocycles. The first-order valence-electron chi connectivity index (χ1n) is 16.7. The second-order valence-electron chi connectivity index (χ2n) is 12.6. The number of fused-ring (bicyclic) bond motifs is 2. The van der Waals surface area contributed by atoms with Gasteiger partial charge >= 0.3 is 0 Å². The van der Waals surface area contributed by atoms with Gasteiger partial charge in [0.05, 0.1) is 41.6 Å². The Kier molecular flexibility index (Phi) is 10.4. The van der Waals surface area contributed by atoms with E-state index in [0.717, 1.165) is 16.5 Å². The fraction of sp³-hybridized carbons (Fsp3) is 0.205. The van der Waals surface area contributed by atoms with Crippen molar-refractivity contribution in [3.63, 3.8) is 0 Å². The number of aromatic nitrogens is 4. The van der Waals surface area contributed by atoms with E-state index < -0.39 is 22.8 Å². The largest absolute Gasteiger partial charge is 0.436 e. The molecule has 0 spiro atoms. The molecular formula is C39H33Cl2FN8O3. The van der Waals surface area contributed by atoms with Crippen LogP contribution in [0.15, 0.2) is 95.8 Å². The summed E-state index contributed by atoms with van der Waals surface area (Å²) in [5, 5.41) is 39.3. The number of anilines is 2. The van der Waals surface area contributed by atoms with Crippen LogP contribution in [0, 0.1) is 24.1 Å². The lowest BCUT2D eigenvalue weighted by atomic mass is 9.82. The molecule has 0 amide bonds. The van der Waals surface area contributed by atoms with Gasteiger partial charge in [-0.3, -0.25) is 9.97 Å². The van der Waals surface area contributed by atoms with Gasteiger partial charge < -0.3 is 30.6 Å². The summed E-state index contributed by atoms with van der Waals surface area (Å²) in [6, 6.07) is 17.9. The van der Waals surface area contributed by atoms with Gasteiger partial charge in [-0.05, 0) is 71.7 Å². The van der Waals surface area contributed by atoms with Crippen LogP contribution in [0.3, 0.4) is 0 Å². The van der Waals surface area contributed by atoms with E-state index in [1.165, 1.54) is 6.20 Å². The lowest BCUT2D eigenvalue weighted by Crippen LogP contribution is -2.44. The maximum Gasteiger partial charge on any atom is 0.227 e. The van der Waals surface area contributed by atoms with Gasteiger partial charge in [0.1, 0.15) is 17.1 Å². The molecule has 0 radical (unpaired) electrons. The quantitative estimate of drug-likeness (QED) is 0.0840. The minimum Gasteiger partial charge on any atom is -0.436 e. The SMILES string of the molecule is Cc1nccc(NCc2cc(C#N)c3oc(C4(Nc5nccc6cc(CNC(CO)CO)cnc56)C=CC=C(c5ccccc5Cl)C4Cl)nc3c2)c1F. The highest BCUT2D eigenvalue weighted by Crippen LogP contribution is 2.46. The summed E-state index contributed by atoms with van der Waals surface area (Å²) < 4.78 is 21.2. The normalized spacial score (nSPS) is 16.9. The third-order valence-corrected chi connectivity index (χ3v) is 9.99. The predicted octanol–water partition coefficient (Wildman–Crippen LogP) is 6.76. The van der Waals surface area contributed by atoms with Gasteiger partial charge in [-0.15, -0.1) is 11.6 Å². The van der Waals surface area contributed by atoms with Gasteiger partial charge in [-0.25, -0.2) is 14.4 Å². The molecule has 2 unspecified atom stereocenters. The molecule has 4 heterocycles. The molecule has 14 heteroatoms. The van der Waals surface area contributed by atoms with E-state index in [-0.39, 0.29) is 48.2 Å². The molecule has 0 saturated heterocycles. The van der Waals surface area contributed by atoms with Crippen LogP contribution < -0.4 is 16.0 Å². The van der Waals surface area contributed by atoms with Crippen molar-refractivity contribution in [1.82, 2.24) is 25.3 Å². The zero-order chi connectivity index (χ0) is 37.1. The van der Waals surface area contributed by atoms with E-state index in [1.807, 2.05) is 48.6 Å². The van der Waals surface area contributed by atoms with Gasteiger partial charge in [0, 0.05) is 42.1 Å². The molecule has 11 nitrogen and oxygen atoms in total. The molecule has 6 aromatic rings. The number of pyridine rings is 3. The molecule has 7 rings (SSSR count). The van der Waals surface area contributed by atoms with Crippen LogP contribution >= 0.6 is 23.2 Å². The highest BCUT2D eigenvalue weighted by molar-refractivity contribution is 6.34. The zero-order valence-corrected chi connectivity index (χ0v) is 29.8. The number of oxazole rings is 1. The average Bonchev–Trinajstić information content (AvgIpc) is 3.62. The number of alkyl halides is 1. The third-order valence-electron chi connectivity index (χ3n) is 9.08. The predicted molar refractivity (Wildman–Crippen MR) is 203 cm³/mol. The summed E-state index contributed by atoms with van der Waals surface area (Å²) in [7, 11) is 0. The van der Waals surface area contributed by atoms with Crippen molar-refractivity contribution in [2.45, 2.75) is 37.0 Å². The summed E-state index contributed by atoms with van der Waals surface area (Å²) >= 11 is 14.2. The summed E-state index contributed by atoms with van der Waals surface area (Å²) in [6.45, 7) is 1.76. The number of aliphatic hydroxyl groups excluding tert-OH is 2. The molecular weight excluding hydrogens is 718 g/mol. The van der Waals surface area contributed by atoms with Crippen molar-refractivity contribution >= 4 is 62.3 Å². The van der Waals surface area contributed by atoms with Gasteiger partial charge in [0.25, 0.3) is 0 Å². The van der Waals surface area contributed by atoms with Gasteiger partial charge in [-0.2, -0.15) is 5.26 Å². The van der Waals surface area contributed by atoms with Crippen molar-refractivity contribution < 1.29 is 19.0 Å². The Morgan fingerprint density at radius 1 is 1.04 bits per heavy atom. The number of benzene rings is 2. The number of nitrogens with zero attached hydrogens (tertiary/aromatic N) is 5. The van der Waals surface area contributed by atoms with E-state index in [2.05, 4.69) is 32.0 Å². The summed E-state index contributed by atoms with van der Waals surface area (Å²) in [6.07, 6.45) is 10.4. The molecule has 5 N–H and O–H groups in total. The number of nitrogens with one attached hydrogen (secondary N) is 3. The number of halogens is 3. The molecule has 0 bridgehead atoms. The summed E-state index contributed by atoms with van der Waals surface area (Å²) in [4.78, 5) is 18.3. The van der Waals surface area contributed by atoms with E-state index in [4.69, 9.17) is 37.6 Å². The molecule has 2 atom stereocenters. The Balaban J connectivity index is 1.31. The molecule has 1 aliphatic rings. The van der Waals surface area contributed by atoms with Crippen LogP contribution in [-0.4, -0.2) is 54.8 Å². The monoisotopic (exact) mass is 750 g/mol. The Labute approximate surface area is 313 Å². The second kappa shape index (κ2) is 15.3. The number of nitriles is 1. The van der Waals surface area contributed by atoms with E-state index in [0.29, 0.717) is 39.6 Å². The van der Waals surface area contributed by atoms with Gasteiger partial charge in [-0.1, -0.05) is 42.0 Å². The standard InChI is InChI=1S/C39H33Cl2FN8O3/c1-22-33(42)31(9-12-44-22)47-17-23-13-26(16-43)35-32(15-23)49-38(53-35)39(10-4-6-29(36(39)41)28-5-2-3-7-30(28)40)50-37-34-25(8-11-45-37)14-24(19-48-34)18-46-27(20-51)21-52/h2-15,19,27,36,46,51-52H,17-18,20-21H2,1H3,(H,44,47)(H,45,50). The van der Waals surface area contributed by atoms with Crippen LogP contribution in [-0.2, 0) is 18.6 Å². The van der Waals surface area contributed by atoms with E-state index in [1.54, 1.807) is 43.6 Å². The van der Waals surface area contributed by atoms with Crippen molar-refractivity contribution in [2.75, 3.05) is 23.8 Å². The molecule has 4 aromatic heterocycles. The first-order chi connectivity index (χ1) is 25.7. The van der Waals surface area contributed by atoms with Gasteiger partial charge in [0.15, 0.2) is 22.8 Å². The Morgan fingerprint density at radius 2 is 1.85 bits per heavy atom.